The van der Waals surface area contributed by atoms with Crippen molar-refractivity contribution in [2.24, 2.45) is 0 Å². The molecule has 0 saturated carbocycles. The van der Waals surface area contributed by atoms with Gasteiger partial charge in [-0.2, -0.15) is 0 Å². The van der Waals surface area contributed by atoms with Gasteiger partial charge < -0.3 is 5.32 Å². The zero-order valence-electron chi connectivity index (χ0n) is 17.0. The van der Waals surface area contributed by atoms with Gasteiger partial charge in [0.2, 0.25) is 15.9 Å². The first kappa shape index (κ1) is 23.1. The average molecular weight is 437 g/mol. The standard InChI is InChI=1S/C21H25ClN2O4S/c1-14-12-15(2)21(19(22)13-14)23-20(26)6-5-11-24(4)29(27,28)18-9-7-17(8-10-18)16(3)25/h7-10,12-13H,5-6,11H2,1-4H3,(H,23,26). The molecule has 0 fully saturated rings. The molecule has 0 atom stereocenters. The van der Waals surface area contributed by atoms with E-state index in [1.54, 1.807) is 6.07 Å². The van der Waals surface area contributed by atoms with Crippen LogP contribution in [0.25, 0.3) is 0 Å². The molecule has 2 aromatic rings. The summed E-state index contributed by atoms with van der Waals surface area (Å²) in [5.41, 5.74) is 2.91. The Morgan fingerprint density at radius 2 is 1.72 bits per heavy atom. The Kier molecular flexibility index (Phi) is 7.57. The summed E-state index contributed by atoms with van der Waals surface area (Å²) < 4.78 is 26.5. The van der Waals surface area contributed by atoms with Gasteiger partial charge >= 0.3 is 0 Å². The quantitative estimate of drug-likeness (QED) is 0.628. The summed E-state index contributed by atoms with van der Waals surface area (Å²) in [6, 6.07) is 9.52. The number of anilines is 1. The minimum atomic E-state index is -3.69. The highest BCUT2D eigenvalue weighted by molar-refractivity contribution is 7.89. The van der Waals surface area contributed by atoms with Crippen LogP contribution in [0, 0.1) is 13.8 Å². The van der Waals surface area contributed by atoms with Gasteiger partial charge in [0.1, 0.15) is 0 Å². The van der Waals surface area contributed by atoms with Crippen LogP contribution in [0.5, 0.6) is 0 Å². The van der Waals surface area contributed by atoms with Crippen LogP contribution in [0.15, 0.2) is 41.3 Å². The Bertz CT molecular complexity index is 994. The van der Waals surface area contributed by atoms with Crippen LogP contribution in [0.4, 0.5) is 5.69 Å². The first-order valence-electron chi connectivity index (χ1n) is 9.16. The van der Waals surface area contributed by atoms with E-state index in [-0.39, 0.29) is 29.6 Å². The molecule has 6 nitrogen and oxygen atoms in total. The zero-order valence-corrected chi connectivity index (χ0v) is 18.5. The van der Waals surface area contributed by atoms with Gasteiger partial charge in [0.05, 0.1) is 15.6 Å². The lowest BCUT2D eigenvalue weighted by Crippen LogP contribution is -2.28. The second kappa shape index (κ2) is 9.52. The maximum Gasteiger partial charge on any atom is 0.242 e. The number of hydrogen-bond acceptors (Lipinski definition) is 4. The van der Waals surface area contributed by atoms with E-state index in [0.29, 0.717) is 22.7 Å². The largest absolute Gasteiger partial charge is 0.325 e. The second-order valence-electron chi connectivity index (χ2n) is 7.00. The number of carbonyl (C=O) groups is 2. The Balaban J connectivity index is 1.94. The number of sulfonamides is 1. The van der Waals surface area contributed by atoms with E-state index in [2.05, 4.69) is 5.32 Å². The van der Waals surface area contributed by atoms with Crippen molar-refractivity contribution in [1.29, 1.82) is 0 Å². The minimum absolute atomic E-state index is 0.108. The zero-order chi connectivity index (χ0) is 21.8. The highest BCUT2D eigenvalue weighted by Crippen LogP contribution is 2.27. The van der Waals surface area contributed by atoms with Gasteiger partial charge in [-0.15, -0.1) is 0 Å². The fourth-order valence-electron chi connectivity index (χ4n) is 2.90. The number of nitrogens with one attached hydrogen (secondary N) is 1. The Hall–Kier alpha value is -2.22. The Morgan fingerprint density at radius 3 is 2.28 bits per heavy atom. The van der Waals surface area contributed by atoms with E-state index in [9.17, 15) is 18.0 Å². The fourth-order valence-corrected chi connectivity index (χ4v) is 4.48. The van der Waals surface area contributed by atoms with Crippen molar-refractivity contribution < 1.29 is 18.0 Å². The van der Waals surface area contributed by atoms with Gasteiger partial charge in [0.25, 0.3) is 0 Å². The van der Waals surface area contributed by atoms with E-state index >= 15 is 0 Å². The van der Waals surface area contributed by atoms with Crippen LogP contribution in [0.3, 0.4) is 0 Å². The van der Waals surface area contributed by atoms with Gasteiger partial charge in [-0.1, -0.05) is 29.8 Å². The molecule has 0 aliphatic heterocycles. The number of rotatable bonds is 8. The van der Waals surface area contributed by atoms with Crippen molar-refractivity contribution in [3.05, 3.63) is 58.1 Å². The summed E-state index contributed by atoms with van der Waals surface area (Å²) in [4.78, 5) is 23.7. The monoisotopic (exact) mass is 436 g/mol. The first-order chi connectivity index (χ1) is 13.5. The number of Topliss-reactive ketones (excluding diaryl/α,β-unsaturated/α-hetero) is 1. The summed E-state index contributed by atoms with van der Waals surface area (Å²) in [7, 11) is -2.22. The van der Waals surface area contributed by atoms with Crippen molar-refractivity contribution in [2.75, 3.05) is 18.9 Å². The predicted octanol–water partition coefficient (Wildman–Crippen LogP) is 4.20. The molecular formula is C21H25ClN2O4S. The number of halogens is 1. The van der Waals surface area contributed by atoms with Crippen molar-refractivity contribution >= 4 is 39.0 Å². The molecule has 0 spiro atoms. The maximum absolute atomic E-state index is 12.6. The third kappa shape index (κ3) is 5.88. The maximum atomic E-state index is 12.6. The predicted molar refractivity (Wildman–Crippen MR) is 115 cm³/mol. The van der Waals surface area contributed by atoms with Crippen molar-refractivity contribution in [3.63, 3.8) is 0 Å². The molecule has 2 aromatic carbocycles. The lowest BCUT2D eigenvalue weighted by Gasteiger charge is -2.17. The highest BCUT2D eigenvalue weighted by Gasteiger charge is 2.21. The summed E-state index contributed by atoms with van der Waals surface area (Å²) in [5.74, 6) is -0.354. The van der Waals surface area contributed by atoms with Crippen molar-refractivity contribution in [2.45, 2.75) is 38.5 Å². The lowest BCUT2D eigenvalue weighted by molar-refractivity contribution is -0.116. The van der Waals surface area contributed by atoms with Crippen LogP contribution in [0.1, 0.15) is 41.3 Å². The lowest BCUT2D eigenvalue weighted by atomic mass is 10.1. The number of nitrogens with zero attached hydrogens (tertiary/aromatic N) is 1. The minimum Gasteiger partial charge on any atom is -0.325 e. The van der Waals surface area contributed by atoms with Gasteiger partial charge in [0, 0.05) is 25.6 Å². The molecule has 0 radical (unpaired) electrons. The topological polar surface area (TPSA) is 83.6 Å². The normalized spacial score (nSPS) is 11.5. The van der Waals surface area contributed by atoms with Gasteiger partial charge in [-0.3, -0.25) is 9.59 Å². The van der Waals surface area contributed by atoms with Crippen LogP contribution in [-0.4, -0.2) is 38.0 Å². The molecule has 0 unspecified atom stereocenters. The molecule has 0 heterocycles. The van der Waals surface area contributed by atoms with Crippen molar-refractivity contribution in [3.8, 4) is 0 Å². The average Bonchev–Trinajstić information content (AvgIpc) is 2.64. The fraction of sp³-hybridized carbons (Fsp3) is 0.333. The number of hydrogen-bond donors (Lipinski definition) is 1. The van der Waals surface area contributed by atoms with Gasteiger partial charge in [-0.25, -0.2) is 12.7 Å². The molecule has 2 rings (SSSR count). The van der Waals surface area contributed by atoms with Crippen LogP contribution >= 0.6 is 11.6 Å². The van der Waals surface area contributed by atoms with E-state index in [4.69, 9.17) is 11.6 Å². The number of benzene rings is 2. The van der Waals surface area contributed by atoms with Crippen LogP contribution < -0.4 is 5.32 Å². The van der Waals surface area contributed by atoms with Crippen LogP contribution in [-0.2, 0) is 14.8 Å². The molecule has 0 aliphatic carbocycles. The summed E-state index contributed by atoms with van der Waals surface area (Å²) in [6.45, 7) is 5.40. The highest BCUT2D eigenvalue weighted by atomic mass is 35.5. The number of carbonyl (C=O) groups excluding carboxylic acids is 2. The molecule has 8 heteroatoms. The summed E-state index contributed by atoms with van der Waals surface area (Å²) in [5, 5.41) is 3.27. The molecular weight excluding hydrogens is 412 g/mol. The van der Waals surface area contributed by atoms with Gasteiger partial charge in [0.15, 0.2) is 5.78 Å². The Morgan fingerprint density at radius 1 is 1.10 bits per heavy atom. The Labute approximate surface area is 176 Å². The number of amides is 1. The van der Waals surface area contributed by atoms with E-state index in [1.807, 2.05) is 19.9 Å². The van der Waals surface area contributed by atoms with E-state index < -0.39 is 10.0 Å². The third-order valence-corrected chi connectivity index (χ3v) is 6.71. The second-order valence-corrected chi connectivity index (χ2v) is 9.45. The van der Waals surface area contributed by atoms with E-state index in [0.717, 1.165) is 11.1 Å². The molecule has 0 aliphatic rings. The number of aryl methyl sites for hydroxylation is 2. The first-order valence-corrected chi connectivity index (χ1v) is 11.0. The summed E-state index contributed by atoms with van der Waals surface area (Å²) in [6.07, 6.45) is 0.516. The molecule has 0 bridgehead atoms. The molecule has 156 valence electrons. The van der Waals surface area contributed by atoms with Crippen molar-refractivity contribution in [1.82, 2.24) is 4.31 Å². The third-order valence-electron chi connectivity index (χ3n) is 4.54. The van der Waals surface area contributed by atoms with Gasteiger partial charge in [-0.05, 0) is 56.5 Å². The molecule has 1 amide bonds. The van der Waals surface area contributed by atoms with Crippen LogP contribution in [0.2, 0.25) is 5.02 Å². The molecule has 1 N–H and O–H groups in total. The molecule has 29 heavy (non-hydrogen) atoms. The summed E-state index contributed by atoms with van der Waals surface area (Å²) >= 11 is 6.20. The van der Waals surface area contributed by atoms with E-state index in [1.165, 1.54) is 42.5 Å². The molecule has 0 aromatic heterocycles. The SMILES string of the molecule is CC(=O)c1ccc(S(=O)(=O)N(C)CCCC(=O)Nc2c(C)cc(C)cc2Cl)cc1. The molecule has 0 saturated heterocycles. The number of ketones is 1. The smallest absolute Gasteiger partial charge is 0.242 e.